The molecule has 1 aromatic rings. The number of rotatable bonds is 3. The Morgan fingerprint density at radius 1 is 1.32 bits per heavy atom. The van der Waals surface area contributed by atoms with E-state index in [1.807, 2.05) is 14.0 Å². The van der Waals surface area contributed by atoms with E-state index < -0.39 is 10.0 Å². The normalized spacial score (nSPS) is 22.6. The third-order valence-corrected chi connectivity index (χ3v) is 5.65. The first-order valence-corrected chi connectivity index (χ1v) is 7.80. The van der Waals surface area contributed by atoms with Crippen LogP contribution in [-0.4, -0.2) is 55.5 Å². The van der Waals surface area contributed by atoms with E-state index in [-0.39, 0.29) is 17.5 Å². The van der Waals surface area contributed by atoms with Gasteiger partial charge in [-0.05, 0) is 25.6 Å². The summed E-state index contributed by atoms with van der Waals surface area (Å²) in [6, 6.07) is 6.82. The third-order valence-electron chi connectivity index (χ3n) is 3.68. The zero-order valence-corrected chi connectivity index (χ0v) is 12.1. The summed E-state index contributed by atoms with van der Waals surface area (Å²) in [5.41, 5.74) is 0.453. The Hall–Kier alpha value is -0.950. The van der Waals surface area contributed by atoms with Gasteiger partial charge in [0.15, 0.2) is 0 Å². The second-order valence-electron chi connectivity index (χ2n) is 4.96. The standard InChI is InChI=1S/C13H20N2O3S/c1-11-9-15(8-7-14(11)2)19(17,18)13-6-4-3-5-12(13)10-16/h3-6,11,16H,7-10H2,1-2H3. The fourth-order valence-corrected chi connectivity index (χ4v) is 3.99. The summed E-state index contributed by atoms with van der Waals surface area (Å²) in [6.45, 7) is 3.45. The molecule has 2 rings (SSSR count). The van der Waals surface area contributed by atoms with E-state index in [1.54, 1.807) is 24.3 Å². The molecule has 0 spiro atoms. The van der Waals surface area contributed by atoms with Crippen molar-refractivity contribution in [1.82, 2.24) is 9.21 Å². The molecule has 1 N–H and O–H groups in total. The molecule has 19 heavy (non-hydrogen) atoms. The van der Waals surface area contributed by atoms with E-state index in [0.29, 0.717) is 18.7 Å². The minimum absolute atomic E-state index is 0.199. The molecular formula is C13H20N2O3S. The molecule has 0 radical (unpaired) electrons. The quantitative estimate of drug-likeness (QED) is 0.878. The second kappa shape index (κ2) is 5.58. The van der Waals surface area contributed by atoms with Gasteiger partial charge in [-0.3, -0.25) is 0 Å². The molecule has 6 heteroatoms. The number of hydrogen-bond acceptors (Lipinski definition) is 4. The molecule has 1 fully saturated rings. The maximum Gasteiger partial charge on any atom is 0.243 e. The minimum Gasteiger partial charge on any atom is -0.392 e. The summed E-state index contributed by atoms with van der Waals surface area (Å²) >= 11 is 0. The van der Waals surface area contributed by atoms with Crippen molar-refractivity contribution in [3.05, 3.63) is 29.8 Å². The van der Waals surface area contributed by atoms with Gasteiger partial charge in [-0.15, -0.1) is 0 Å². The van der Waals surface area contributed by atoms with Gasteiger partial charge >= 0.3 is 0 Å². The van der Waals surface area contributed by atoms with Crippen LogP contribution in [0.4, 0.5) is 0 Å². The molecule has 0 aliphatic carbocycles. The van der Waals surface area contributed by atoms with Crippen molar-refractivity contribution < 1.29 is 13.5 Å². The van der Waals surface area contributed by atoms with Gasteiger partial charge in [0.1, 0.15) is 0 Å². The van der Waals surface area contributed by atoms with E-state index in [9.17, 15) is 13.5 Å². The number of aliphatic hydroxyl groups is 1. The summed E-state index contributed by atoms with van der Waals surface area (Å²) in [5.74, 6) is 0. The molecule has 1 aromatic carbocycles. The van der Waals surface area contributed by atoms with E-state index in [4.69, 9.17) is 0 Å². The number of hydrogen-bond donors (Lipinski definition) is 1. The van der Waals surface area contributed by atoms with Crippen LogP contribution in [0.3, 0.4) is 0 Å². The number of piperazine rings is 1. The van der Waals surface area contributed by atoms with Crippen LogP contribution >= 0.6 is 0 Å². The van der Waals surface area contributed by atoms with Gasteiger partial charge in [-0.25, -0.2) is 8.42 Å². The van der Waals surface area contributed by atoms with Gasteiger partial charge in [0.25, 0.3) is 0 Å². The first-order chi connectivity index (χ1) is 8.96. The molecule has 1 atom stereocenters. The first-order valence-electron chi connectivity index (χ1n) is 6.36. The Labute approximate surface area is 114 Å². The van der Waals surface area contributed by atoms with Crippen molar-refractivity contribution in [3.63, 3.8) is 0 Å². The highest BCUT2D eigenvalue weighted by molar-refractivity contribution is 7.89. The lowest BCUT2D eigenvalue weighted by Gasteiger charge is -2.37. The SMILES string of the molecule is CC1CN(S(=O)(=O)c2ccccc2CO)CCN1C. The maximum absolute atomic E-state index is 12.6. The topological polar surface area (TPSA) is 60.9 Å². The van der Waals surface area contributed by atoms with Crippen LogP contribution in [0.5, 0.6) is 0 Å². The molecule has 0 amide bonds. The van der Waals surface area contributed by atoms with Crippen molar-refractivity contribution in [3.8, 4) is 0 Å². The van der Waals surface area contributed by atoms with E-state index in [1.165, 1.54) is 4.31 Å². The zero-order valence-electron chi connectivity index (χ0n) is 11.3. The van der Waals surface area contributed by atoms with E-state index in [0.717, 1.165) is 6.54 Å². The molecule has 0 bridgehead atoms. The summed E-state index contributed by atoms with van der Waals surface area (Å²) in [7, 11) is -1.52. The summed E-state index contributed by atoms with van der Waals surface area (Å²) in [6.07, 6.45) is 0. The highest BCUT2D eigenvalue weighted by Crippen LogP contribution is 2.22. The van der Waals surface area contributed by atoms with Crippen molar-refractivity contribution in [1.29, 1.82) is 0 Å². The van der Waals surface area contributed by atoms with E-state index >= 15 is 0 Å². The molecule has 0 aromatic heterocycles. The molecule has 5 nitrogen and oxygen atoms in total. The lowest BCUT2D eigenvalue weighted by atomic mass is 10.2. The van der Waals surface area contributed by atoms with Gasteiger partial charge in [-0.2, -0.15) is 4.31 Å². The Morgan fingerprint density at radius 2 is 2.00 bits per heavy atom. The van der Waals surface area contributed by atoms with Crippen molar-refractivity contribution in [2.75, 3.05) is 26.7 Å². The average molecular weight is 284 g/mol. The number of likely N-dealkylation sites (N-methyl/N-ethyl adjacent to an activating group) is 1. The van der Waals surface area contributed by atoms with E-state index in [2.05, 4.69) is 4.90 Å². The van der Waals surface area contributed by atoms with Crippen LogP contribution in [0.2, 0.25) is 0 Å². The molecule has 1 heterocycles. The van der Waals surface area contributed by atoms with Crippen molar-refractivity contribution in [2.24, 2.45) is 0 Å². The molecular weight excluding hydrogens is 264 g/mol. The smallest absolute Gasteiger partial charge is 0.243 e. The predicted octanol–water partition coefficient (Wildman–Crippen LogP) is 0.504. The van der Waals surface area contributed by atoms with Gasteiger partial charge < -0.3 is 10.0 Å². The lowest BCUT2D eigenvalue weighted by molar-refractivity contribution is 0.159. The Bertz CT molecular complexity index is 545. The minimum atomic E-state index is -3.51. The molecule has 1 aliphatic heterocycles. The van der Waals surface area contributed by atoms with Crippen LogP contribution in [-0.2, 0) is 16.6 Å². The fraction of sp³-hybridized carbons (Fsp3) is 0.538. The Morgan fingerprint density at radius 3 is 2.63 bits per heavy atom. The molecule has 1 unspecified atom stereocenters. The Kier molecular flexibility index (Phi) is 4.25. The summed E-state index contributed by atoms with van der Waals surface area (Å²) in [5, 5.41) is 9.28. The maximum atomic E-state index is 12.6. The predicted molar refractivity (Wildman–Crippen MR) is 73.2 cm³/mol. The molecule has 1 aliphatic rings. The third kappa shape index (κ3) is 2.81. The van der Waals surface area contributed by atoms with Crippen LogP contribution in [0, 0.1) is 0 Å². The molecule has 1 saturated heterocycles. The van der Waals surface area contributed by atoms with Crippen LogP contribution in [0.15, 0.2) is 29.2 Å². The largest absolute Gasteiger partial charge is 0.392 e. The van der Waals surface area contributed by atoms with Crippen molar-refractivity contribution in [2.45, 2.75) is 24.5 Å². The summed E-state index contributed by atoms with van der Waals surface area (Å²) < 4.78 is 26.7. The number of aliphatic hydroxyl groups excluding tert-OH is 1. The Balaban J connectivity index is 2.32. The number of benzene rings is 1. The zero-order chi connectivity index (χ0) is 14.0. The molecule has 0 saturated carbocycles. The monoisotopic (exact) mass is 284 g/mol. The average Bonchev–Trinajstić information content (AvgIpc) is 2.41. The second-order valence-corrected chi connectivity index (χ2v) is 6.86. The van der Waals surface area contributed by atoms with Gasteiger partial charge in [0.2, 0.25) is 10.0 Å². The van der Waals surface area contributed by atoms with Gasteiger partial charge in [0, 0.05) is 25.7 Å². The van der Waals surface area contributed by atoms with Crippen LogP contribution < -0.4 is 0 Å². The number of sulfonamides is 1. The van der Waals surface area contributed by atoms with Crippen molar-refractivity contribution >= 4 is 10.0 Å². The summed E-state index contributed by atoms with van der Waals surface area (Å²) in [4.78, 5) is 2.36. The number of nitrogens with zero attached hydrogens (tertiary/aromatic N) is 2. The fourth-order valence-electron chi connectivity index (χ4n) is 2.26. The lowest BCUT2D eigenvalue weighted by Crippen LogP contribution is -2.51. The first kappa shape index (κ1) is 14.5. The molecule has 106 valence electrons. The van der Waals surface area contributed by atoms with Gasteiger partial charge in [0.05, 0.1) is 11.5 Å². The van der Waals surface area contributed by atoms with Gasteiger partial charge in [-0.1, -0.05) is 18.2 Å². The van der Waals surface area contributed by atoms with Crippen LogP contribution in [0.1, 0.15) is 12.5 Å². The highest BCUT2D eigenvalue weighted by atomic mass is 32.2. The highest BCUT2D eigenvalue weighted by Gasteiger charge is 2.31. The van der Waals surface area contributed by atoms with Crippen LogP contribution in [0.25, 0.3) is 0 Å².